The van der Waals surface area contributed by atoms with E-state index >= 15 is 0 Å². The Labute approximate surface area is 145 Å². The summed E-state index contributed by atoms with van der Waals surface area (Å²) in [5, 5.41) is 3.55. The maximum absolute atomic E-state index is 11.9. The van der Waals surface area contributed by atoms with Gasteiger partial charge in [-0.25, -0.2) is 4.79 Å². The molecular weight excluding hydrogens is 304 g/mol. The third-order valence-corrected chi connectivity index (χ3v) is 3.77. The predicted octanol–water partition coefficient (Wildman–Crippen LogP) is 3.74. The Morgan fingerprint density at radius 1 is 1.17 bits per heavy atom. The standard InChI is InChI=1S/C19H30N2O3/c1-13(2)23-17-9-7-15(8-10-17)14(3)20-16-11-21(12-16)18(22)24-19(4,5)6/h7-10,13-14,16,20H,11-12H2,1-6H3. The van der Waals surface area contributed by atoms with Crippen molar-refractivity contribution in [3.8, 4) is 5.75 Å². The molecule has 134 valence electrons. The number of nitrogens with one attached hydrogen (secondary N) is 1. The van der Waals surface area contributed by atoms with Crippen LogP contribution in [0.4, 0.5) is 4.79 Å². The first-order chi connectivity index (χ1) is 11.1. The van der Waals surface area contributed by atoms with Gasteiger partial charge in [0.2, 0.25) is 0 Å². The second-order valence-corrected chi connectivity index (χ2v) is 7.71. The summed E-state index contributed by atoms with van der Waals surface area (Å²) in [5.74, 6) is 0.890. The van der Waals surface area contributed by atoms with Crippen LogP contribution in [0.15, 0.2) is 24.3 Å². The van der Waals surface area contributed by atoms with Gasteiger partial charge in [-0.3, -0.25) is 0 Å². The molecule has 0 saturated carbocycles. The minimum atomic E-state index is -0.442. The van der Waals surface area contributed by atoms with Gasteiger partial charge in [-0.1, -0.05) is 12.1 Å². The summed E-state index contributed by atoms with van der Waals surface area (Å²) in [6.45, 7) is 13.2. The maximum Gasteiger partial charge on any atom is 0.410 e. The van der Waals surface area contributed by atoms with Crippen LogP contribution in [0.3, 0.4) is 0 Å². The number of hydrogen-bond donors (Lipinski definition) is 1. The second kappa shape index (κ2) is 7.43. The van der Waals surface area contributed by atoms with E-state index in [4.69, 9.17) is 9.47 Å². The number of nitrogens with zero attached hydrogens (tertiary/aromatic N) is 1. The normalized spacial score (nSPS) is 16.7. The second-order valence-electron chi connectivity index (χ2n) is 7.71. The zero-order valence-electron chi connectivity index (χ0n) is 15.6. The van der Waals surface area contributed by atoms with Crippen LogP contribution in [-0.2, 0) is 4.74 Å². The van der Waals surface area contributed by atoms with Crippen LogP contribution in [0.5, 0.6) is 5.75 Å². The number of rotatable bonds is 5. The van der Waals surface area contributed by atoms with Gasteiger partial charge in [0, 0.05) is 25.2 Å². The molecule has 5 heteroatoms. The molecule has 1 N–H and O–H groups in total. The van der Waals surface area contributed by atoms with Gasteiger partial charge in [0.1, 0.15) is 11.4 Å². The fourth-order valence-corrected chi connectivity index (χ4v) is 2.62. The summed E-state index contributed by atoms with van der Waals surface area (Å²) in [7, 11) is 0. The highest BCUT2D eigenvalue weighted by molar-refractivity contribution is 5.69. The van der Waals surface area contributed by atoms with Gasteiger partial charge in [0.25, 0.3) is 0 Å². The van der Waals surface area contributed by atoms with Crippen molar-refractivity contribution >= 4 is 6.09 Å². The molecule has 24 heavy (non-hydrogen) atoms. The van der Waals surface area contributed by atoms with Gasteiger partial charge >= 0.3 is 6.09 Å². The summed E-state index contributed by atoms with van der Waals surface area (Å²) in [5.41, 5.74) is 0.768. The van der Waals surface area contributed by atoms with Crippen molar-refractivity contribution in [3.05, 3.63) is 29.8 Å². The first-order valence-electron chi connectivity index (χ1n) is 8.64. The van der Waals surface area contributed by atoms with Crippen LogP contribution in [0.1, 0.15) is 53.1 Å². The number of likely N-dealkylation sites (tertiary alicyclic amines) is 1. The molecular formula is C19H30N2O3. The lowest BCUT2D eigenvalue weighted by Crippen LogP contribution is -2.60. The van der Waals surface area contributed by atoms with Crippen LogP contribution in [0.25, 0.3) is 0 Å². The van der Waals surface area contributed by atoms with E-state index in [9.17, 15) is 4.79 Å². The zero-order chi connectivity index (χ0) is 17.9. The topological polar surface area (TPSA) is 50.8 Å². The Morgan fingerprint density at radius 2 is 1.75 bits per heavy atom. The molecule has 1 fully saturated rings. The van der Waals surface area contributed by atoms with E-state index in [-0.39, 0.29) is 18.2 Å². The minimum absolute atomic E-state index is 0.181. The number of carbonyl (C=O) groups is 1. The first kappa shape index (κ1) is 18.6. The zero-order valence-corrected chi connectivity index (χ0v) is 15.6. The van der Waals surface area contributed by atoms with Crippen LogP contribution < -0.4 is 10.1 Å². The smallest absolute Gasteiger partial charge is 0.410 e. The summed E-state index contributed by atoms with van der Waals surface area (Å²) < 4.78 is 11.0. The number of ether oxygens (including phenoxy) is 2. The summed E-state index contributed by atoms with van der Waals surface area (Å²) in [6, 6.07) is 8.70. The van der Waals surface area contributed by atoms with E-state index in [2.05, 4.69) is 24.4 Å². The van der Waals surface area contributed by atoms with Crippen molar-refractivity contribution in [2.24, 2.45) is 0 Å². The SMILES string of the molecule is CC(C)Oc1ccc(C(C)NC2CN(C(=O)OC(C)(C)C)C2)cc1. The quantitative estimate of drug-likeness (QED) is 0.891. The molecule has 0 aliphatic carbocycles. The third-order valence-electron chi connectivity index (χ3n) is 3.77. The lowest BCUT2D eigenvalue weighted by molar-refractivity contribution is 0.00433. The maximum atomic E-state index is 11.9. The Hall–Kier alpha value is -1.75. The molecule has 0 aromatic heterocycles. The highest BCUT2D eigenvalue weighted by Crippen LogP contribution is 2.21. The molecule has 1 saturated heterocycles. The fraction of sp³-hybridized carbons (Fsp3) is 0.632. The summed E-state index contributed by atoms with van der Waals surface area (Å²) in [4.78, 5) is 13.7. The molecule has 0 spiro atoms. The molecule has 1 aliphatic rings. The van der Waals surface area contributed by atoms with Gasteiger partial charge in [0.05, 0.1) is 6.10 Å². The molecule has 1 atom stereocenters. The number of benzene rings is 1. The largest absolute Gasteiger partial charge is 0.491 e. The van der Waals surface area contributed by atoms with Gasteiger partial charge in [-0.05, 0) is 59.2 Å². The van der Waals surface area contributed by atoms with Crippen LogP contribution in [0, 0.1) is 0 Å². The Morgan fingerprint density at radius 3 is 2.25 bits per heavy atom. The van der Waals surface area contributed by atoms with E-state index in [1.54, 1.807) is 4.90 Å². The molecule has 0 bridgehead atoms. The van der Waals surface area contributed by atoms with Gasteiger partial charge < -0.3 is 19.7 Å². The highest BCUT2D eigenvalue weighted by Gasteiger charge is 2.34. The van der Waals surface area contributed by atoms with Crippen molar-refractivity contribution < 1.29 is 14.3 Å². The van der Waals surface area contributed by atoms with Gasteiger partial charge in [0.15, 0.2) is 0 Å². The highest BCUT2D eigenvalue weighted by atomic mass is 16.6. The summed E-state index contributed by atoms with van der Waals surface area (Å²) >= 11 is 0. The minimum Gasteiger partial charge on any atom is -0.491 e. The van der Waals surface area contributed by atoms with Crippen LogP contribution in [-0.4, -0.2) is 41.8 Å². The molecule has 2 rings (SSSR count). The summed E-state index contributed by atoms with van der Waals surface area (Å²) in [6.07, 6.45) is -0.0522. The molecule has 1 heterocycles. The molecule has 1 amide bonds. The average molecular weight is 334 g/mol. The molecule has 0 radical (unpaired) electrons. The number of carbonyl (C=O) groups excluding carboxylic acids is 1. The van der Waals surface area contributed by atoms with E-state index in [0.717, 1.165) is 5.75 Å². The lowest BCUT2D eigenvalue weighted by atomic mass is 10.0. The van der Waals surface area contributed by atoms with Crippen molar-refractivity contribution in [2.45, 2.75) is 65.3 Å². The number of hydrogen-bond acceptors (Lipinski definition) is 4. The van der Waals surface area contributed by atoms with Crippen LogP contribution in [0.2, 0.25) is 0 Å². The predicted molar refractivity (Wildman–Crippen MR) is 95.4 cm³/mol. The first-order valence-corrected chi connectivity index (χ1v) is 8.64. The van der Waals surface area contributed by atoms with E-state index in [1.807, 2.05) is 46.8 Å². The molecule has 1 aromatic carbocycles. The van der Waals surface area contributed by atoms with E-state index < -0.39 is 5.60 Å². The van der Waals surface area contributed by atoms with Gasteiger partial charge in [-0.2, -0.15) is 0 Å². The average Bonchev–Trinajstić information content (AvgIpc) is 2.40. The van der Waals surface area contributed by atoms with Crippen molar-refractivity contribution in [2.75, 3.05) is 13.1 Å². The van der Waals surface area contributed by atoms with Crippen molar-refractivity contribution in [3.63, 3.8) is 0 Å². The Bertz CT molecular complexity index is 543. The van der Waals surface area contributed by atoms with Gasteiger partial charge in [-0.15, -0.1) is 0 Å². The van der Waals surface area contributed by atoms with Crippen molar-refractivity contribution in [1.29, 1.82) is 0 Å². The molecule has 1 unspecified atom stereocenters. The number of amides is 1. The van der Waals surface area contributed by atoms with Crippen molar-refractivity contribution in [1.82, 2.24) is 10.2 Å². The molecule has 1 aromatic rings. The Balaban J connectivity index is 1.78. The lowest BCUT2D eigenvalue weighted by Gasteiger charge is -2.41. The third kappa shape index (κ3) is 5.41. The van der Waals surface area contributed by atoms with E-state index in [0.29, 0.717) is 19.1 Å². The Kier molecular flexibility index (Phi) is 5.75. The van der Waals surface area contributed by atoms with Crippen LogP contribution >= 0.6 is 0 Å². The van der Waals surface area contributed by atoms with E-state index in [1.165, 1.54) is 5.56 Å². The molecule has 5 nitrogen and oxygen atoms in total. The monoisotopic (exact) mass is 334 g/mol. The molecule has 1 aliphatic heterocycles. The fourth-order valence-electron chi connectivity index (χ4n) is 2.62.